The normalized spacial score (nSPS) is 12.9. The summed E-state index contributed by atoms with van der Waals surface area (Å²) in [6.07, 6.45) is 0. The number of rotatable bonds is 2. The minimum absolute atomic E-state index is 0.247. The first-order valence-electron chi connectivity index (χ1n) is 6.69. The van der Waals surface area contributed by atoms with Gasteiger partial charge in [0.25, 0.3) is 0 Å². The summed E-state index contributed by atoms with van der Waals surface area (Å²) in [7, 11) is 3.29. The SMILES string of the molecule is COc1ccc2ccc3ccc4c(c3c2c1OC)OCO4. The van der Waals surface area contributed by atoms with E-state index in [9.17, 15) is 0 Å². The molecule has 0 aliphatic carbocycles. The van der Waals surface area contributed by atoms with Gasteiger partial charge in [-0.05, 0) is 22.9 Å². The van der Waals surface area contributed by atoms with Crippen molar-refractivity contribution in [1.82, 2.24) is 0 Å². The largest absolute Gasteiger partial charge is 0.493 e. The lowest BCUT2D eigenvalue weighted by atomic mass is 9.99. The Morgan fingerprint density at radius 3 is 2.29 bits per heavy atom. The Balaban J connectivity index is 2.24. The minimum atomic E-state index is 0.247. The standard InChI is InChI=1S/C17H14O4/c1-18-12-7-5-10-3-4-11-6-8-13-17(21-9-20-13)15(11)14(10)16(12)19-2/h3-8H,9H2,1-2H3. The van der Waals surface area contributed by atoms with E-state index in [1.165, 1.54) is 0 Å². The van der Waals surface area contributed by atoms with Crippen LogP contribution in [0.2, 0.25) is 0 Å². The zero-order valence-electron chi connectivity index (χ0n) is 11.8. The van der Waals surface area contributed by atoms with Crippen molar-refractivity contribution in [2.24, 2.45) is 0 Å². The van der Waals surface area contributed by atoms with Gasteiger partial charge in [-0.15, -0.1) is 0 Å². The quantitative estimate of drug-likeness (QED) is 0.671. The van der Waals surface area contributed by atoms with E-state index in [4.69, 9.17) is 18.9 Å². The topological polar surface area (TPSA) is 36.9 Å². The van der Waals surface area contributed by atoms with Crippen LogP contribution in [0, 0.1) is 0 Å². The molecular formula is C17H14O4. The van der Waals surface area contributed by atoms with Gasteiger partial charge in [0.15, 0.2) is 23.0 Å². The van der Waals surface area contributed by atoms with E-state index in [0.717, 1.165) is 33.0 Å². The van der Waals surface area contributed by atoms with Crippen molar-refractivity contribution in [3.63, 3.8) is 0 Å². The first kappa shape index (κ1) is 12.1. The zero-order chi connectivity index (χ0) is 14.4. The van der Waals surface area contributed by atoms with E-state index in [2.05, 4.69) is 12.1 Å². The summed E-state index contributed by atoms with van der Waals surface area (Å²) in [6.45, 7) is 0.247. The van der Waals surface area contributed by atoms with Crippen LogP contribution in [-0.4, -0.2) is 21.0 Å². The van der Waals surface area contributed by atoms with Crippen molar-refractivity contribution < 1.29 is 18.9 Å². The highest BCUT2D eigenvalue weighted by Crippen LogP contribution is 2.47. The van der Waals surface area contributed by atoms with Crippen molar-refractivity contribution in [3.05, 3.63) is 36.4 Å². The third-order valence-corrected chi connectivity index (χ3v) is 3.84. The van der Waals surface area contributed by atoms with E-state index in [1.807, 2.05) is 24.3 Å². The van der Waals surface area contributed by atoms with Crippen LogP contribution in [0.25, 0.3) is 21.5 Å². The lowest BCUT2D eigenvalue weighted by Crippen LogP contribution is -1.94. The van der Waals surface area contributed by atoms with Crippen LogP contribution in [0.4, 0.5) is 0 Å². The van der Waals surface area contributed by atoms with Crippen LogP contribution in [-0.2, 0) is 0 Å². The number of benzene rings is 3. The van der Waals surface area contributed by atoms with Gasteiger partial charge < -0.3 is 18.9 Å². The van der Waals surface area contributed by atoms with Crippen molar-refractivity contribution in [1.29, 1.82) is 0 Å². The summed E-state index contributed by atoms with van der Waals surface area (Å²) in [4.78, 5) is 0. The van der Waals surface area contributed by atoms with Crippen LogP contribution in [0.1, 0.15) is 0 Å². The van der Waals surface area contributed by atoms with Crippen LogP contribution < -0.4 is 18.9 Å². The Kier molecular flexibility index (Phi) is 2.57. The molecule has 3 aromatic carbocycles. The predicted molar refractivity (Wildman–Crippen MR) is 80.7 cm³/mol. The Morgan fingerprint density at radius 1 is 0.810 bits per heavy atom. The van der Waals surface area contributed by atoms with Crippen molar-refractivity contribution in [3.8, 4) is 23.0 Å². The van der Waals surface area contributed by atoms with Gasteiger partial charge in [-0.3, -0.25) is 0 Å². The summed E-state index contributed by atoms with van der Waals surface area (Å²) >= 11 is 0. The molecule has 4 rings (SSSR count). The second kappa shape index (κ2) is 4.45. The molecule has 0 bridgehead atoms. The van der Waals surface area contributed by atoms with E-state index in [-0.39, 0.29) is 6.79 Å². The zero-order valence-corrected chi connectivity index (χ0v) is 11.8. The van der Waals surface area contributed by atoms with Gasteiger partial charge in [0.2, 0.25) is 6.79 Å². The Labute approximate surface area is 121 Å². The molecule has 0 aromatic heterocycles. The molecule has 0 radical (unpaired) electrons. The molecule has 0 unspecified atom stereocenters. The predicted octanol–water partition coefficient (Wildman–Crippen LogP) is 3.74. The van der Waals surface area contributed by atoms with Crippen molar-refractivity contribution in [2.75, 3.05) is 21.0 Å². The molecule has 1 heterocycles. The molecule has 0 atom stereocenters. The van der Waals surface area contributed by atoms with Gasteiger partial charge >= 0.3 is 0 Å². The van der Waals surface area contributed by atoms with Gasteiger partial charge in [-0.25, -0.2) is 0 Å². The molecule has 0 amide bonds. The van der Waals surface area contributed by atoms with Crippen LogP contribution >= 0.6 is 0 Å². The summed E-state index contributed by atoms with van der Waals surface area (Å²) in [6, 6.07) is 12.0. The van der Waals surface area contributed by atoms with Gasteiger partial charge in [0.05, 0.1) is 14.2 Å². The molecule has 0 fully saturated rings. The van der Waals surface area contributed by atoms with E-state index >= 15 is 0 Å². The molecule has 3 aromatic rings. The lowest BCUT2D eigenvalue weighted by Gasteiger charge is -2.14. The molecule has 21 heavy (non-hydrogen) atoms. The van der Waals surface area contributed by atoms with Gasteiger partial charge in [-0.2, -0.15) is 0 Å². The number of fused-ring (bicyclic) bond motifs is 5. The summed E-state index contributed by atoms with van der Waals surface area (Å²) < 4.78 is 22.2. The average molecular weight is 282 g/mol. The molecule has 0 N–H and O–H groups in total. The minimum Gasteiger partial charge on any atom is -0.493 e. The molecular weight excluding hydrogens is 268 g/mol. The van der Waals surface area contributed by atoms with E-state index in [1.54, 1.807) is 14.2 Å². The highest BCUT2D eigenvalue weighted by atomic mass is 16.7. The third-order valence-electron chi connectivity index (χ3n) is 3.84. The molecule has 0 spiro atoms. The first-order chi connectivity index (χ1) is 10.3. The van der Waals surface area contributed by atoms with Crippen molar-refractivity contribution in [2.45, 2.75) is 0 Å². The average Bonchev–Trinajstić information content (AvgIpc) is 3.01. The Morgan fingerprint density at radius 2 is 1.52 bits per heavy atom. The third kappa shape index (κ3) is 1.62. The lowest BCUT2D eigenvalue weighted by molar-refractivity contribution is 0.175. The highest BCUT2D eigenvalue weighted by molar-refractivity contribution is 6.15. The van der Waals surface area contributed by atoms with E-state index < -0.39 is 0 Å². The molecule has 1 aliphatic rings. The fourth-order valence-corrected chi connectivity index (χ4v) is 2.90. The maximum absolute atomic E-state index is 5.67. The van der Waals surface area contributed by atoms with Gasteiger partial charge in [-0.1, -0.05) is 24.3 Å². The molecule has 4 nitrogen and oxygen atoms in total. The molecule has 0 saturated carbocycles. The molecule has 106 valence electrons. The Bertz CT molecular complexity index is 854. The maximum atomic E-state index is 5.67. The fraction of sp³-hybridized carbons (Fsp3) is 0.176. The molecule has 0 saturated heterocycles. The van der Waals surface area contributed by atoms with Crippen LogP contribution in [0.3, 0.4) is 0 Å². The van der Waals surface area contributed by atoms with E-state index in [0.29, 0.717) is 11.5 Å². The first-order valence-corrected chi connectivity index (χ1v) is 6.69. The monoisotopic (exact) mass is 282 g/mol. The summed E-state index contributed by atoms with van der Waals surface area (Å²) in [5.41, 5.74) is 0. The Hall–Kier alpha value is -2.62. The maximum Gasteiger partial charge on any atom is 0.231 e. The summed E-state index contributed by atoms with van der Waals surface area (Å²) in [5, 5.41) is 4.14. The van der Waals surface area contributed by atoms with Crippen LogP contribution in [0.5, 0.6) is 23.0 Å². The summed E-state index contributed by atoms with van der Waals surface area (Å²) in [5.74, 6) is 2.95. The van der Waals surface area contributed by atoms with Crippen LogP contribution in [0.15, 0.2) is 36.4 Å². The fourth-order valence-electron chi connectivity index (χ4n) is 2.90. The molecule has 1 aliphatic heterocycles. The number of hydrogen-bond acceptors (Lipinski definition) is 4. The van der Waals surface area contributed by atoms with Crippen molar-refractivity contribution >= 4 is 21.5 Å². The van der Waals surface area contributed by atoms with Gasteiger partial charge in [0.1, 0.15) is 0 Å². The molecule has 4 heteroatoms. The second-order valence-electron chi connectivity index (χ2n) is 4.86. The number of ether oxygens (including phenoxy) is 4. The second-order valence-corrected chi connectivity index (χ2v) is 4.86. The van der Waals surface area contributed by atoms with Gasteiger partial charge in [0, 0.05) is 10.8 Å². The smallest absolute Gasteiger partial charge is 0.231 e. The highest BCUT2D eigenvalue weighted by Gasteiger charge is 2.21. The number of methoxy groups -OCH3 is 2. The number of hydrogen-bond donors (Lipinski definition) is 0.